The Bertz CT molecular complexity index is 1110. The van der Waals surface area contributed by atoms with Gasteiger partial charge in [0.2, 0.25) is 0 Å². The molecule has 2 aliphatic heterocycles. The zero-order valence-electron chi connectivity index (χ0n) is 20.4. The van der Waals surface area contributed by atoms with E-state index in [0.29, 0.717) is 12.6 Å². The molecule has 0 bridgehead atoms. The number of hydrogen-bond donors (Lipinski definition) is 1. The van der Waals surface area contributed by atoms with Crippen LogP contribution in [0.25, 0.3) is 11.0 Å². The molecule has 2 aromatic carbocycles. The molecular formula is C26H34N6O2S. The van der Waals surface area contributed by atoms with Crippen LogP contribution in [0.1, 0.15) is 28.8 Å². The summed E-state index contributed by atoms with van der Waals surface area (Å²) < 4.78 is 14.0. The fourth-order valence-electron chi connectivity index (χ4n) is 4.99. The summed E-state index contributed by atoms with van der Waals surface area (Å²) in [5.74, 6) is -0.00300. The summed E-state index contributed by atoms with van der Waals surface area (Å²) in [6.07, 6.45) is 2.25. The van der Waals surface area contributed by atoms with Crippen LogP contribution in [0.2, 0.25) is 0 Å². The Morgan fingerprint density at radius 1 is 1.06 bits per heavy atom. The predicted octanol–water partition coefficient (Wildman–Crippen LogP) is 2.85. The third kappa shape index (κ3) is 6.16. The number of morpholine rings is 1. The van der Waals surface area contributed by atoms with Gasteiger partial charge in [0, 0.05) is 63.1 Å². The maximum Gasteiger partial charge on any atom is 0.251 e. The van der Waals surface area contributed by atoms with Crippen LogP contribution in [0.5, 0.6) is 0 Å². The van der Waals surface area contributed by atoms with Crippen LogP contribution in [0.4, 0.5) is 5.69 Å². The van der Waals surface area contributed by atoms with Crippen LogP contribution in [0.15, 0.2) is 42.5 Å². The number of hydrogen-bond acceptors (Lipinski definition) is 8. The number of nitrogens with zero attached hydrogens (tertiary/aromatic N) is 5. The lowest BCUT2D eigenvalue weighted by atomic mass is 10.0. The summed E-state index contributed by atoms with van der Waals surface area (Å²) in [6.45, 7) is 7.95. The van der Waals surface area contributed by atoms with Gasteiger partial charge in [0.15, 0.2) is 0 Å². The lowest BCUT2D eigenvalue weighted by molar-refractivity contribution is 0.0383. The summed E-state index contributed by atoms with van der Waals surface area (Å²) in [4.78, 5) is 19.7. The van der Waals surface area contributed by atoms with Crippen molar-refractivity contribution in [2.24, 2.45) is 0 Å². The van der Waals surface area contributed by atoms with Crippen LogP contribution in [-0.2, 0) is 11.3 Å². The summed E-state index contributed by atoms with van der Waals surface area (Å²) in [6, 6.07) is 15.0. The lowest BCUT2D eigenvalue weighted by Crippen LogP contribution is -2.43. The molecule has 1 N–H and O–H groups in total. The zero-order chi connectivity index (χ0) is 24.0. The quantitative estimate of drug-likeness (QED) is 0.516. The van der Waals surface area contributed by atoms with Crippen molar-refractivity contribution in [1.29, 1.82) is 0 Å². The van der Waals surface area contributed by atoms with Gasteiger partial charge in [-0.05, 0) is 61.9 Å². The first-order valence-electron chi connectivity index (χ1n) is 12.5. The van der Waals surface area contributed by atoms with Gasteiger partial charge in [0.25, 0.3) is 5.91 Å². The van der Waals surface area contributed by atoms with Gasteiger partial charge in [-0.15, -0.1) is 0 Å². The first-order chi connectivity index (χ1) is 17.2. The minimum Gasteiger partial charge on any atom is -0.379 e. The highest BCUT2D eigenvalue weighted by molar-refractivity contribution is 7.00. The van der Waals surface area contributed by atoms with Crippen LogP contribution in [0, 0.1) is 0 Å². The summed E-state index contributed by atoms with van der Waals surface area (Å²) in [7, 11) is 2.22. The van der Waals surface area contributed by atoms with Crippen LogP contribution in [0.3, 0.4) is 0 Å². The Morgan fingerprint density at radius 3 is 2.57 bits per heavy atom. The van der Waals surface area contributed by atoms with E-state index in [1.54, 1.807) is 0 Å². The molecule has 2 saturated heterocycles. The van der Waals surface area contributed by atoms with Crippen molar-refractivity contribution in [1.82, 2.24) is 23.9 Å². The van der Waals surface area contributed by atoms with Gasteiger partial charge in [-0.25, -0.2) is 0 Å². The van der Waals surface area contributed by atoms with Crippen LogP contribution >= 0.6 is 11.7 Å². The molecule has 8 nitrogen and oxygen atoms in total. The van der Waals surface area contributed by atoms with Crippen molar-refractivity contribution >= 4 is 34.4 Å². The van der Waals surface area contributed by atoms with Gasteiger partial charge < -0.3 is 15.0 Å². The van der Waals surface area contributed by atoms with Crippen molar-refractivity contribution in [2.45, 2.75) is 25.4 Å². The highest BCUT2D eigenvalue weighted by Gasteiger charge is 2.23. The third-order valence-corrected chi connectivity index (χ3v) is 7.71. The normalized spacial score (nSPS) is 17.8. The van der Waals surface area contributed by atoms with Crippen LogP contribution in [-0.4, -0.2) is 90.0 Å². The molecule has 5 rings (SSSR count). The average Bonchev–Trinajstić information content (AvgIpc) is 3.37. The van der Waals surface area contributed by atoms with E-state index in [2.05, 4.69) is 66.1 Å². The van der Waals surface area contributed by atoms with Crippen molar-refractivity contribution in [3.63, 3.8) is 0 Å². The first kappa shape index (κ1) is 24.1. The highest BCUT2D eigenvalue weighted by atomic mass is 32.1. The summed E-state index contributed by atoms with van der Waals surface area (Å²) >= 11 is 1.27. The largest absolute Gasteiger partial charge is 0.379 e. The number of benzene rings is 2. The standard InChI is InChI=1S/C26H34N6O2S/c1-30(19-20-2-7-24-25(18-20)29-35-28-24)22-8-11-32(12-9-22)23-5-3-21(4-6-23)26(33)27-10-13-31-14-16-34-17-15-31/h2-7,18,22H,8-17,19H2,1H3,(H,27,33). The zero-order valence-corrected chi connectivity index (χ0v) is 21.2. The van der Waals surface area contributed by atoms with E-state index in [4.69, 9.17) is 4.74 Å². The minimum atomic E-state index is -0.00300. The van der Waals surface area contributed by atoms with Crippen LogP contribution < -0.4 is 10.2 Å². The second kappa shape index (κ2) is 11.4. The number of carbonyl (C=O) groups excluding carboxylic acids is 1. The number of piperidine rings is 1. The number of nitrogens with one attached hydrogen (secondary N) is 1. The van der Waals surface area contributed by atoms with E-state index in [1.807, 2.05) is 12.1 Å². The maximum atomic E-state index is 12.5. The molecular weight excluding hydrogens is 460 g/mol. The molecule has 3 aromatic rings. The van der Waals surface area contributed by atoms with Gasteiger partial charge in [-0.3, -0.25) is 14.6 Å². The number of carbonyl (C=O) groups is 1. The second-order valence-corrected chi connectivity index (χ2v) is 10.0. The molecule has 3 heterocycles. The molecule has 0 atom stereocenters. The van der Waals surface area contributed by atoms with E-state index in [0.717, 1.165) is 81.9 Å². The molecule has 0 unspecified atom stereocenters. The SMILES string of the molecule is CN(Cc1ccc2nsnc2c1)C1CCN(c2ccc(C(=O)NCCN3CCOCC3)cc2)CC1. The Kier molecular flexibility index (Phi) is 7.88. The highest BCUT2D eigenvalue weighted by Crippen LogP contribution is 2.24. The van der Waals surface area contributed by atoms with Crippen molar-refractivity contribution in [3.05, 3.63) is 53.6 Å². The molecule has 35 heavy (non-hydrogen) atoms. The van der Waals surface area contributed by atoms with Gasteiger partial charge in [0.1, 0.15) is 11.0 Å². The van der Waals surface area contributed by atoms with Crippen molar-refractivity contribution < 1.29 is 9.53 Å². The Balaban J connectivity index is 1.07. The number of ether oxygens (including phenoxy) is 1. The van der Waals surface area contributed by atoms with E-state index in [1.165, 1.54) is 23.0 Å². The smallest absolute Gasteiger partial charge is 0.251 e. The van der Waals surface area contributed by atoms with E-state index in [-0.39, 0.29) is 5.91 Å². The molecule has 1 amide bonds. The monoisotopic (exact) mass is 494 g/mol. The average molecular weight is 495 g/mol. The fourth-order valence-corrected chi connectivity index (χ4v) is 5.50. The van der Waals surface area contributed by atoms with E-state index in [9.17, 15) is 4.79 Å². The molecule has 9 heteroatoms. The summed E-state index contributed by atoms with van der Waals surface area (Å²) in [5, 5.41) is 3.04. The van der Waals surface area contributed by atoms with Gasteiger partial charge in [0.05, 0.1) is 24.9 Å². The number of amides is 1. The Labute approximate surface area is 211 Å². The Morgan fingerprint density at radius 2 is 1.80 bits per heavy atom. The topological polar surface area (TPSA) is 73.8 Å². The third-order valence-electron chi connectivity index (χ3n) is 7.15. The van der Waals surface area contributed by atoms with Crippen molar-refractivity contribution in [3.8, 4) is 0 Å². The first-order valence-corrected chi connectivity index (χ1v) is 13.2. The number of anilines is 1. The number of fused-ring (bicyclic) bond motifs is 1. The molecule has 2 aliphatic rings. The molecule has 0 aliphatic carbocycles. The molecule has 1 aromatic heterocycles. The predicted molar refractivity (Wildman–Crippen MR) is 140 cm³/mol. The molecule has 186 valence electrons. The van der Waals surface area contributed by atoms with Gasteiger partial charge in [-0.1, -0.05) is 6.07 Å². The Hall–Kier alpha value is -2.59. The summed E-state index contributed by atoms with van der Waals surface area (Å²) in [5.41, 5.74) is 5.17. The molecule has 0 saturated carbocycles. The molecule has 0 spiro atoms. The minimum absolute atomic E-state index is 0.00300. The second-order valence-electron chi connectivity index (χ2n) is 9.48. The molecule has 2 fully saturated rings. The van der Waals surface area contributed by atoms with Gasteiger partial charge >= 0.3 is 0 Å². The number of rotatable bonds is 8. The number of aromatic nitrogens is 2. The molecule has 0 radical (unpaired) electrons. The van der Waals surface area contributed by atoms with Gasteiger partial charge in [-0.2, -0.15) is 8.75 Å². The maximum absolute atomic E-state index is 12.5. The van der Waals surface area contributed by atoms with Crippen molar-refractivity contribution in [2.75, 3.05) is 64.4 Å². The van der Waals surface area contributed by atoms with E-state index < -0.39 is 0 Å². The lowest BCUT2D eigenvalue weighted by Gasteiger charge is -2.38. The van der Waals surface area contributed by atoms with E-state index >= 15 is 0 Å². The fraction of sp³-hybridized carbons (Fsp3) is 0.500.